The van der Waals surface area contributed by atoms with E-state index in [0.717, 1.165) is 0 Å². The van der Waals surface area contributed by atoms with Crippen molar-refractivity contribution < 1.29 is 33.3 Å². The Morgan fingerprint density at radius 2 is 1.10 bits per heavy atom. The maximum atomic E-state index is 11.2. The Bertz CT molecular complexity index is 785. The first-order chi connectivity index (χ1) is 14.0. The summed E-state index contributed by atoms with van der Waals surface area (Å²) in [7, 11) is 2.95. The average molecular weight is 443 g/mol. The van der Waals surface area contributed by atoms with E-state index in [-0.39, 0.29) is 13.2 Å². The minimum Gasteiger partial charge on any atom is -0.493 e. The molecule has 0 spiro atoms. The molecule has 0 radical (unpaired) electrons. The van der Waals surface area contributed by atoms with Gasteiger partial charge >= 0.3 is 0 Å². The van der Waals surface area contributed by atoms with Crippen molar-refractivity contribution in [2.24, 2.45) is 0 Å². The molecule has 0 bridgehead atoms. The lowest BCUT2D eigenvalue weighted by molar-refractivity contribution is 0.0750. The zero-order chi connectivity index (χ0) is 21.2. The molecule has 0 N–H and O–H groups in total. The minimum atomic E-state index is -0.571. The Morgan fingerprint density at radius 3 is 1.45 bits per heavy atom. The largest absolute Gasteiger partial charge is 0.493 e. The Kier molecular flexibility index (Phi) is 9.05. The summed E-state index contributed by atoms with van der Waals surface area (Å²) in [6.45, 7) is 1.19. The number of ether oxygens (including phenoxy) is 5. The van der Waals surface area contributed by atoms with Crippen LogP contribution in [-0.4, -0.2) is 51.1 Å². The molecular weight excluding hydrogens is 423 g/mol. The van der Waals surface area contributed by atoms with Gasteiger partial charge in [0.15, 0.2) is 23.0 Å². The van der Waals surface area contributed by atoms with Gasteiger partial charge in [0.25, 0.3) is 10.5 Å². The summed E-state index contributed by atoms with van der Waals surface area (Å²) >= 11 is 10.9. The van der Waals surface area contributed by atoms with Crippen molar-refractivity contribution in [3.05, 3.63) is 47.5 Å². The molecule has 9 heteroatoms. The van der Waals surface area contributed by atoms with Crippen LogP contribution in [0.2, 0.25) is 0 Å². The van der Waals surface area contributed by atoms with E-state index in [9.17, 15) is 9.59 Å². The molecule has 0 amide bonds. The highest BCUT2D eigenvalue weighted by atomic mass is 35.5. The first-order valence-electron chi connectivity index (χ1n) is 8.55. The SMILES string of the molecule is COc1cc(C(=O)Cl)ccc1OCCOCCOc1ccc(C(=O)Cl)cc1OC. The third kappa shape index (κ3) is 6.81. The molecule has 156 valence electrons. The van der Waals surface area contributed by atoms with Gasteiger partial charge < -0.3 is 23.7 Å². The summed E-state index contributed by atoms with van der Waals surface area (Å²) in [5.74, 6) is 1.77. The topological polar surface area (TPSA) is 80.3 Å². The van der Waals surface area contributed by atoms with Gasteiger partial charge in [0.1, 0.15) is 13.2 Å². The zero-order valence-corrected chi connectivity index (χ0v) is 17.4. The smallest absolute Gasteiger partial charge is 0.252 e. The number of rotatable bonds is 12. The second-order valence-electron chi connectivity index (χ2n) is 5.59. The maximum absolute atomic E-state index is 11.2. The molecule has 0 aromatic heterocycles. The third-order valence-corrected chi connectivity index (χ3v) is 4.19. The molecule has 2 rings (SSSR count). The summed E-state index contributed by atoms with van der Waals surface area (Å²) in [6.07, 6.45) is 0. The summed E-state index contributed by atoms with van der Waals surface area (Å²) in [4.78, 5) is 22.4. The number of carbonyl (C=O) groups is 2. The van der Waals surface area contributed by atoms with Gasteiger partial charge in [-0.1, -0.05) is 0 Å². The van der Waals surface area contributed by atoms with Gasteiger partial charge in [-0.05, 0) is 59.6 Å². The van der Waals surface area contributed by atoms with E-state index in [0.29, 0.717) is 47.3 Å². The standard InChI is InChI=1S/C20H20Cl2O7/c1-25-17-11-13(19(21)23)3-5-15(17)28-9-7-27-8-10-29-16-6-4-14(20(22)24)12-18(16)26-2/h3-6,11-12H,7-10H2,1-2H3. The lowest BCUT2D eigenvalue weighted by Gasteiger charge is -2.13. The Hall–Kier alpha value is -2.48. The summed E-state index contributed by atoms with van der Waals surface area (Å²) in [5, 5.41) is -1.14. The van der Waals surface area contributed by atoms with Crippen LogP contribution in [0.5, 0.6) is 23.0 Å². The fourth-order valence-electron chi connectivity index (χ4n) is 2.34. The quantitative estimate of drug-likeness (QED) is 0.363. The van der Waals surface area contributed by atoms with Crippen LogP contribution in [0.1, 0.15) is 20.7 Å². The predicted octanol–water partition coefficient (Wildman–Crippen LogP) is 3.94. The van der Waals surface area contributed by atoms with Crippen LogP contribution in [0.15, 0.2) is 36.4 Å². The Labute approximate surface area is 178 Å². The maximum Gasteiger partial charge on any atom is 0.252 e. The molecule has 0 heterocycles. The van der Waals surface area contributed by atoms with Crippen LogP contribution in [-0.2, 0) is 4.74 Å². The number of halogens is 2. The molecule has 7 nitrogen and oxygen atoms in total. The summed E-state index contributed by atoms with van der Waals surface area (Å²) in [5.41, 5.74) is 0.645. The van der Waals surface area contributed by atoms with Crippen LogP contribution < -0.4 is 18.9 Å². The molecule has 0 saturated heterocycles. The van der Waals surface area contributed by atoms with Gasteiger partial charge in [0.05, 0.1) is 27.4 Å². The van der Waals surface area contributed by atoms with Crippen LogP contribution in [0, 0.1) is 0 Å². The van der Waals surface area contributed by atoms with E-state index < -0.39 is 10.5 Å². The van der Waals surface area contributed by atoms with Crippen LogP contribution in [0.25, 0.3) is 0 Å². The first-order valence-corrected chi connectivity index (χ1v) is 9.31. The van der Waals surface area contributed by atoms with Gasteiger partial charge in [-0.15, -0.1) is 0 Å². The van der Waals surface area contributed by atoms with E-state index in [1.165, 1.54) is 26.4 Å². The molecular formula is C20H20Cl2O7. The minimum absolute atomic E-state index is 0.278. The second-order valence-corrected chi connectivity index (χ2v) is 6.27. The van der Waals surface area contributed by atoms with Crippen molar-refractivity contribution in [3.8, 4) is 23.0 Å². The molecule has 0 atom stereocenters. The van der Waals surface area contributed by atoms with Crippen molar-refractivity contribution in [3.63, 3.8) is 0 Å². The number of hydrogen-bond acceptors (Lipinski definition) is 7. The van der Waals surface area contributed by atoms with Crippen LogP contribution in [0.3, 0.4) is 0 Å². The molecule has 0 fully saturated rings. The lowest BCUT2D eigenvalue weighted by atomic mass is 10.2. The van der Waals surface area contributed by atoms with E-state index in [2.05, 4.69) is 0 Å². The van der Waals surface area contributed by atoms with Crippen molar-refractivity contribution >= 4 is 33.7 Å². The van der Waals surface area contributed by atoms with Crippen molar-refractivity contribution in [1.29, 1.82) is 0 Å². The molecule has 2 aromatic rings. The van der Waals surface area contributed by atoms with Crippen molar-refractivity contribution in [2.75, 3.05) is 40.6 Å². The van der Waals surface area contributed by atoms with E-state index >= 15 is 0 Å². The number of methoxy groups -OCH3 is 2. The normalized spacial score (nSPS) is 10.3. The molecule has 2 aromatic carbocycles. The molecule has 0 saturated carbocycles. The van der Waals surface area contributed by atoms with Crippen molar-refractivity contribution in [2.45, 2.75) is 0 Å². The van der Waals surface area contributed by atoms with Crippen LogP contribution >= 0.6 is 23.2 Å². The van der Waals surface area contributed by atoms with E-state index in [1.54, 1.807) is 24.3 Å². The van der Waals surface area contributed by atoms with Crippen molar-refractivity contribution in [1.82, 2.24) is 0 Å². The van der Waals surface area contributed by atoms with Gasteiger partial charge in [-0.3, -0.25) is 9.59 Å². The van der Waals surface area contributed by atoms with E-state index in [4.69, 9.17) is 46.9 Å². The average Bonchev–Trinajstić information content (AvgIpc) is 2.72. The highest BCUT2D eigenvalue weighted by Crippen LogP contribution is 2.29. The summed E-state index contributed by atoms with van der Waals surface area (Å²) < 4.78 is 27.0. The second kappa shape index (κ2) is 11.5. The number of benzene rings is 2. The first kappa shape index (κ1) is 22.8. The fourth-order valence-corrected chi connectivity index (χ4v) is 2.58. The monoisotopic (exact) mass is 442 g/mol. The molecule has 0 unspecified atom stereocenters. The molecule has 0 aliphatic rings. The molecule has 0 aliphatic carbocycles. The highest BCUT2D eigenvalue weighted by Gasteiger charge is 2.10. The van der Waals surface area contributed by atoms with Gasteiger partial charge in [-0.25, -0.2) is 0 Å². The van der Waals surface area contributed by atoms with Gasteiger partial charge in [-0.2, -0.15) is 0 Å². The van der Waals surface area contributed by atoms with Gasteiger partial charge in [0.2, 0.25) is 0 Å². The number of hydrogen-bond donors (Lipinski definition) is 0. The molecule has 0 aliphatic heterocycles. The lowest BCUT2D eigenvalue weighted by Crippen LogP contribution is -2.12. The Morgan fingerprint density at radius 1 is 0.690 bits per heavy atom. The van der Waals surface area contributed by atoms with Crippen LogP contribution in [0.4, 0.5) is 0 Å². The molecule has 29 heavy (non-hydrogen) atoms. The number of carbonyl (C=O) groups excluding carboxylic acids is 2. The zero-order valence-electron chi connectivity index (χ0n) is 15.9. The van der Waals surface area contributed by atoms with E-state index in [1.807, 2.05) is 0 Å². The summed E-state index contributed by atoms with van der Waals surface area (Å²) in [6, 6.07) is 9.35. The predicted molar refractivity (Wildman–Crippen MR) is 108 cm³/mol. The Balaban J connectivity index is 1.73. The van der Waals surface area contributed by atoms with Gasteiger partial charge in [0, 0.05) is 11.1 Å². The third-order valence-electron chi connectivity index (χ3n) is 3.75. The highest BCUT2D eigenvalue weighted by molar-refractivity contribution is 6.68. The fraction of sp³-hybridized carbons (Fsp3) is 0.300.